The summed E-state index contributed by atoms with van der Waals surface area (Å²) in [6.07, 6.45) is -0.714. The van der Waals surface area contributed by atoms with Crippen LogP contribution in [0.25, 0.3) is 11.4 Å². The van der Waals surface area contributed by atoms with Crippen molar-refractivity contribution in [3.8, 4) is 11.4 Å². The highest BCUT2D eigenvalue weighted by Gasteiger charge is 2.32. The molecule has 0 fully saturated rings. The molecule has 3 aromatic rings. The van der Waals surface area contributed by atoms with Crippen LogP contribution in [-0.4, -0.2) is 35.9 Å². The molecule has 10 heteroatoms. The van der Waals surface area contributed by atoms with Gasteiger partial charge >= 0.3 is 6.18 Å². The average molecular weight is 394 g/mol. The van der Waals surface area contributed by atoms with E-state index >= 15 is 0 Å². The van der Waals surface area contributed by atoms with E-state index in [2.05, 4.69) is 25.4 Å². The number of rotatable bonds is 8. The lowest BCUT2D eigenvalue weighted by atomic mass is 10.2. The second kappa shape index (κ2) is 8.94. The van der Waals surface area contributed by atoms with Crippen molar-refractivity contribution < 1.29 is 13.2 Å². The molecule has 0 radical (unpaired) electrons. The molecule has 0 amide bonds. The topological polar surface area (TPSA) is 69.4 Å². The number of thioether (sulfide) groups is 1. The molecule has 0 unspecified atom stereocenters. The fraction of sp³-hybridized carbons (Fsp3) is 0.353. The number of aryl methyl sites for hydroxylation is 1. The van der Waals surface area contributed by atoms with Gasteiger partial charge in [-0.15, -0.1) is 10.2 Å². The van der Waals surface area contributed by atoms with Crippen LogP contribution in [0.4, 0.5) is 13.2 Å². The predicted molar refractivity (Wildman–Crippen MR) is 94.9 cm³/mol. The Balaban J connectivity index is 1.37. The molecule has 0 saturated carbocycles. The Bertz CT molecular complexity index is 853. The first-order chi connectivity index (χ1) is 13.0. The Morgan fingerprint density at radius 2 is 1.81 bits per heavy atom. The zero-order valence-corrected chi connectivity index (χ0v) is 15.1. The highest BCUT2D eigenvalue weighted by Crippen LogP contribution is 2.28. The Labute approximate surface area is 158 Å². The summed E-state index contributed by atoms with van der Waals surface area (Å²) in [7, 11) is 0. The third-order valence-electron chi connectivity index (χ3n) is 3.64. The van der Waals surface area contributed by atoms with E-state index in [9.17, 15) is 13.2 Å². The molecule has 2 aromatic heterocycles. The minimum atomic E-state index is -4.44. The van der Waals surface area contributed by atoms with Gasteiger partial charge in [0, 0.05) is 17.5 Å². The van der Waals surface area contributed by atoms with E-state index in [1.54, 1.807) is 4.80 Å². The Hall–Kier alpha value is -2.49. The van der Waals surface area contributed by atoms with Gasteiger partial charge in [0.15, 0.2) is 5.16 Å². The van der Waals surface area contributed by atoms with Gasteiger partial charge in [0.25, 0.3) is 0 Å². The van der Waals surface area contributed by atoms with Crippen LogP contribution in [-0.2, 0) is 12.7 Å². The summed E-state index contributed by atoms with van der Waals surface area (Å²) in [5.74, 6) is 1.24. The molecule has 0 N–H and O–H groups in total. The van der Waals surface area contributed by atoms with Gasteiger partial charge in [-0.25, -0.2) is 9.97 Å². The summed E-state index contributed by atoms with van der Waals surface area (Å²) in [6, 6.07) is 10.5. The van der Waals surface area contributed by atoms with E-state index in [1.807, 2.05) is 30.3 Å². The van der Waals surface area contributed by atoms with Crippen molar-refractivity contribution in [3.63, 3.8) is 0 Å². The van der Waals surface area contributed by atoms with Crippen LogP contribution >= 0.6 is 11.8 Å². The SMILES string of the molecule is FC(F)(F)c1ccnc(SCCCCCn2nnc(-c3ccccc3)n2)n1. The molecule has 0 aliphatic carbocycles. The summed E-state index contributed by atoms with van der Waals surface area (Å²) < 4.78 is 37.8. The second-order valence-corrected chi connectivity index (χ2v) is 6.77. The van der Waals surface area contributed by atoms with Gasteiger partial charge in [-0.3, -0.25) is 0 Å². The zero-order valence-electron chi connectivity index (χ0n) is 14.3. The first-order valence-corrected chi connectivity index (χ1v) is 9.37. The molecule has 0 aliphatic heterocycles. The van der Waals surface area contributed by atoms with E-state index < -0.39 is 11.9 Å². The maximum absolute atomic E-state index is 12.6. The Morgan fingerprint density at radius 3 is 2.59 bits per heavy atom. The summed E-state index contributed by atoms with van der Waals surface area (Å²) in [5, 5.41) is 12.6. The fourth-order valence-corrected chi connectivity index (χ4v) is 3.13. The van der Waals surface area contributed by atoms with Gasteiger partial charge in [-0.05, 0) is 24.1 Å². The summed E-state index contributed by atoms with van der Waals surface area (Å²) in [4.78, 5) is 8.97. The molecule has 0 bridgehead atoms. The molecule has 2 heterocycles. The Kier molecular flexibility index (Phi) is 6.38. The van der Waals surface area contributed by atoms with Crippen LogP contribution in [0.1, 0.15) is 25.0 Å². The normalized spacial score (nSPS) is 11.7. The number of aromatic nitrogens is 6. The first kappa shape index (κ1) is 19.3. The minimum absolute atomic E-state index is 0.148. The van der Waals surface area contributed by atoms with Crippen molar-refractivity contribution in [2.24, 2.45) is 0 Å². The standard InChI is InChI=1S/C17H17F3N6S/c18-17(19,20)14-9-10-21-16(22-14)27-12-6-2-5-11-26-24-15(23-25-26)13-7-3-1-4-8-13/h1,3-4,7-10H,2,5-6,11-12H2. The van der Waals surface area contributed by atoms with Gasteiger partial charge in [0.05, 0.1) is 6.54 Å². The minimum Gasteiger partial charge on any atom is -0.231 e. The maximum Gasteiger partial charge on any atom is 0.433 e. The molecule has 0 saturated heterocycles. The number of tetrazole rings is 1. The fourth-order valence-electron chi connectivity index (χ4n) is 2.30. The third kappa shape index (κ3) is 5.75. The highest BCUT2D eigenvalue weighted by atomic mass is 32.2. The first-order valence-electron chi connectivity index (χ1n) is 8.38. The van der Waals surface area contributed by atoms with Gasteiger partial charge in [-0.1, -0.05) is 48.5 Å². The molecule has 0 atom stereocenters. The van der Waals surface area contributed by atoms with Crippen molar-refractivity contribution in [2.75, 3.05) is 5.75 Å². The van der Waals surface area contributed by atoms with Crippen molar-refractivity contribution in [3.05, 3.63) is 48.3 Å². The quantitative estimate of drug-likeness (QED) is 0.325. The molecule has 6 nitrogen and oxygen atoms in total. The molecule has 142 valence electrons. The van der Waals surface area contributed by atoms with Gasteiger partial charge in [-0.2, -0.15) is 18.0 Å². The molecule has 0 spiro atoms. The maximum atomic E-state index is 12.6. The number of benzene rings is 1. The molecule has 3 rings (SSSR count). The summed E-state index contributed by atoms with van der Waals surface area (Å²) in [6.45, 7) is 0.643. The van der Waals surface area contributed by atoms with Crippen LogP contribution in [0.15, 0.2) is 47.8 Å². The van der Waals surface area contributed by atoms with Crippen LogP contribution in [0.5, 0.6) is 0 Å². The smallest absolute Gasteiger partial charge is 0.231 e. The number of alkyl halides is 3. The largest absolute Gasteiger partial charge is 0.433 e. The number of nitrogens with zero attached hydrogens (tertiary/aromatic N) is 6. The van der Waals surface area contributed by atoms with Crippen LogP contribution in [0, 0.1) is 0 Å². The van der Waals surface area contributed by atoms with Crippen molar-refractivity contribution in [1.29, 1.82) is 0 Å². The highest BCUT2D eigenvalue weighted by molar-refractivity contribution is 7.99. The van der Waals surface area contributed by atoms with E-state index in [4.69, 9.17) is 0 Å². The lowest BCUT2D eigenvalue weighted by Crippen LogP contribution is -2.08. The second-order valence-electron chi connectivity index (χ2n) is 5.71. The average Bonchev–Trinajstić information content (AvgIpc) is 3.14. The molecular weight excluding hydrogens is 377 g/mol. The molecule has 0 aliphatic rings. The van der Waals surface area contributed by atoms with E-state index in [0.29, 0.717) is 18.1 Å². The number of hydrogen-bond donors (Lipinski definition) is 0. The van der Waals surface area contributed by atoms with E-state index in [0.717, 1.165) is 37.1 Å². The summed E-state index contributed by atoms with van der Waals surface area (Å²) in [5.41, 5.74) is 0.00714. The number of hydrogen-bond acceptors (Lipinski definition) is 6. The lowest BCUT2D eigenvalue weighted by molar-refractivity contribution is -0.141. The van der Waals surface area contributed by atoms with Gasteiger partial charge < -0.3 is 0 Å². The third-order valence-corrected chi connectivity index (χ3v) is 4.59. The predicted octanol–water partition coefficient (Wildman–Crippen LogP) is 4.11. The van der Waals surface area contributed by atoms with Crippen LogP contribution in [0.2, 0.25) is 0 Å². The molecule has 27 heavy (non-hydrogen) atoms. The van der Waals surface area contributed by atoms with Crippen molar-refractivity contribution in [1.82, 2.24) is 30.2 Å². The van der Waals surface area contributed by atoms with Crippen molar-refractivity contribution >= 4 is 11.8 Å². The lowest BCUT2D eigenvalue weighted by Gasteiger charge is -2.06. The van der Waals surface area contributed by atoms with Gasteiger partial charge in [0.1, 0.15) is 5.69 Å². The number of halogens is 3. The summed E-state index contributed by atoms with van der Waals surface area (Å²) >= 11 is 1.23. The molecular formula is C17H17F3N6S. The molecule has 1 aromatic carbocycles. The van der Waals surface area contributed by atoms with Crippen LogP contribution < -0.4 is 0 Å². The number of unbranched alkanes of at least 4 members (excludes halogenated alkanes) is 2. The Morgan fingerprint density at radius 1 is 1.00 bits per heavy atom. The van der Waals surface area contributed by atoms with Crippen molar-refractivity contribution in [2.45, 2.75) is 37.1 Å². The monoisotopic (exact) mass is 394 g/mol. The van der Waals surface area contributed by atoms with E-state index in [1.165, 1.54) is 11.8 Å². The van der Waals surface area contributed by atoms with Crippen LogP contribution in [0.3, 0.4) is 0 Å². The van der Waals surface area contributed by atoms with E-state index in [-0.39, 0.29) is 5.16 Å². The zero-order chi connectivity index (χ0) is 19.1. The van der Waals surface area contributed by atoms with Gasteiger partial charge in [0.2, 0.25) is 5.82 Å².